The van der Waals surface area contributed by atoms with Crippen LogP contribution in [0.25, 0.3) is 0 Å². The maximum absolute atomic E-state index is 11.9. The first-order chi connectivity index (χ1) is 8.62. The molecule has 0 saturated heterocycles. The molecule has 0 atom stereocenters. The van der Waals surface area contributed by atoms with Crippen molar-refractivity contribution in [1.82, 2.24) is 9.44 Å². The molecule has 0 amide bonds. The lowest BCUT2D eigenvalue weighted by Gasteiger charge is -2.09. The summed E-state index contributed by atoms with van der Waals surface area (Å²) in [7, 11) is -7.18. The van der Waals surface area contributed by atoms with Crippen molar-refractivity contribution < 1.29 is 16.8 Å². The molecular weight excluding hydrogens is 314 g/mol. The molecular formula is C9H14ClN3O4S2. The number of nitrogen functional groups attached to an aromatic ring is 1. The molecule has 0 aromatic heterocycles. The number of nitrogens with two attached hydrogens (primary N) is 1. The Balaban J connectivity index is 2.74. The molecule has 0 fully saturated rings. The lowest BCUT2D eigenvalue weighted by Crippen LogP contribution is -2.34. The second kappa shape index (κ2) is 6.06. The lowest BCUT2D eigenvalue weighted by atomic mass is 10.3. The van der Waals surface area contributed by atoms with E-state index in [2.05, 4.69) is 9.44 Å². The van der Waals surface area contributed by atoms with Gasteiger partial charge in [0.15, 0.2) is 0 Å². The monoisotopic (exact) mass is 327 g/mol. The Hall–Kier alpha value is -0.870. The van der Waals surface area contributed by atoms with Crippen molar-refractivity contribution in [3.05, 3.63) is 23.2 Å². The van der Waals surface area contributed by atoms with Crippen LogP contribution in [0.3, 0.4) is 0 Å². The van der Waals surface area contributed by atoms with Crippen molar-refractivity contribution in [2.45, 2.75) is 4.90 Å². The van der Waals surface area contributed by atoms with Gasteiger partial charge in [0.25, 0.3) is 0 Å². The first-order valence-electron chi connectivity index (χ1n) is 5.11. The van der Waals surface area contributed by atoms with E-state index in [9.17, 15) is 16.8 Å². The van der Waals surface area contributed by atoms with Crippen LogP contribution in [0.5, 0.6) is 0 Å². The van der Waals surface area contributed by atoms with E-state index in [0.717, 1.165) is 6.26 Å². The molecule has 19 heavy (non-hydrogen) atoms. The van der Waals surface area contributed by atoms with Gasteiger partial charge >= 0.3 is 0 Å². The van der Waals surface area contributed by atoms with E-state index in [1.54, 1.807) is 0 Å². The highest BCUT2D eigenvalue weighted by atomic mass is 35.5. The Morgan fingerprint density at radius 2 is 1.74 bits per heavy atom. The van der Waals surface area contributed by atoms with Gasteiger partial charge < -0.3 is 5.73 Å². The van der Waals surface area contributed by atoms with Gasteiger partial charge in [-0.3, -0.25) is 0 Å². The molecule has 108 valence electrons. The van der Waals surface area contributed by atoms with Gasteiger partial charge in [0, 0.05) is 18.8 Å². The highest BCUT2D eigenvalue weighted by Crippen LogP contribution is 2.23. The number of sulfonamides is 2. The summed E-state index contributed by atoms with van der Waals surface area (Å²) in [6, 6.07) is 4.08. The topological polar surface area (TPSA) is 118 Å². The summed E-state index contributed by atoms with van der Waals surface area (Å²) in [5.74, 6) is 0. The average molecular weight is 328 g/mol. The molecule has 1 aromatic rings. The van der Waals surface area contributed by atoms with Crippen LogP contribution in [0.15, 0.2) is 23.1 Å². The summed E-state index contributed by atoms with van der Waals surface area (Å²) in [6.07, 6.45) is 0.982. The number of rotatable bonds is 6. The first kappa shape index (κ1) is 16.2. The minimum absolute atomic E-state index is 0.0396. The quantitative estimate of drug-likeness (QED) is 0.492. The Bertz CT molecular complexity index is 658. The van der Waals surface area contributed by atoms with Crippen LogP contribution in [-0.2, 0) is 20.0 Å². The smallest absolute Gasteiger partial charge is 0.242 e. The Labute approximate surface area is 117 Å². The standard InChI is InChI=1S/C9H14ClN3O4S2/c1-18(14,15)12-4-5-13-19(16,17)9-6-7(11)2-3-8(9)10/h2-3,6,12-13H,4-5,11H2,1H3. The van der Waals surface area contributed by atoms with E-state index in [1.807, 2.05) is 0 Å². The zero-order valence-corrected chi connectivity index (χ0v) is 12.4. The number of halogens is 1. The van der Waals surface area contributed by atoms with Crippen molar-refractivity contribution in [1.29, 1.82) is 0 Å². The summed E-state index contributed by atoms with van der Waals surface area (Å²) in [4.78, 5) is -0.145. The van der Waals surface area contributed by atoms with Crippen molar-refractivity contribution in [2.75, 3.05) is 25.1 Å². The minimum atomic E-state index is -3.83. The van der Waals surface area contributed by atoms with Crippen LogP contribution in [-0.4, -0.2) is 36.2 Å². The molecule has 4 N–H and O–H groups in total. The van der Waals surface area contributed by atoms with Gasteiger partial charge in [0.2, 0.25) is 20.0 Å². The predicted octanol–water partition coefficient (Wildman–Crippen LogP) is -0.250. The average Bonchev–Trinajstić information content (AvgIpc) is 2.26. The third kappa shape index (κ3) is 5.33. The number of hydrogen-bond acceptors (Lipinski definition) is 5. The molecule has 0 bridgehead atoms. The molecule has 0 aliphatic heterocycles. The highest BCUT2D eigenvalue weighted by molar-refractivity contribution is 7.89. The fourth-order valence-electron chi connectivity index (χ4n) is 1.23. The van der Waals surface area contributed by atoms with E-state index in [4.69, 9.17) is 17.3 Å². The summed E-state index contributed by atoms with van der Waals surface area (Å²) >= 11 is 5.78. The van der Waals surface area contributed by atoms with Crippen molar-refractivity contribution in [3.63, 3.8) is 0 Å². The molecule has 0 saturated carbocycles. The Morgan fingerprint density at radius 3 is 2.32 bits per heavy atom. The van der Waals surface area contributed by atoms with Crippen LogP contribution in [0.2, 0.25) is 5.02 Å². The van der Waals surface area contributed by atoms with E-state index in [1.165, 1.54) is 18.2 Å². The highest BCUT2D eigenvalue weighted by Gasteiger charge is 2.17. The predicted molar refractivity (Wildman–Crippen MR) is 73.9 cm³/mol. The molecule has 0 heterocycles. The van der Waals surface area contributed by atoms with Gasteiger partial charge in [0.1, 0.15) is 4.90 Å². The summed E-state index contributed by atoms with van der Waals surface area (Å²) < 4.78 is 49.8. The van der Waals surface area contributed by atoms with E-state index in [-0.39, 0.29) is 28.7 Å². The van der Waals surface area contributed by atoms with Crippen LogP contribution in [0, 0.1) is 0 Å². The zero-order valence-electron chi connectivity index (χ0n) is 10.1. The molecule has 10 heteroatoms. The van der Waals surface area contributed by atoms with Gasteiger partial charge in [0.05, 0.1) is 11.3 Å². The van der Waals surface area contributed by atoms with Crippen molar-refractivity contribution in [3.8, 4) is 0 Å². The minimum Gasteiger partial charge on any atom is -0.399 e. The van der Waals surface area contributed by atoms with E-state index >= 15 is 0 Å². The maximum Gasteiger partial charge on any atom is 0.242 e. The van der Waals surface area contributed by atoms with Gasteiger partial charge in [-0.2, -0.15) is 0 Å². The Kier molecular flexibility index (Phi) is 5.16. The van der Waals surface area contributed by atoms with Crippen LogP contribution < -0.4 is 15.2 Å². The SMILES string of the molecule is CS(=O)(=O)NCCNS(=O)(=O)c1cc(N)ccc1Cl. The zero-order chi connectivity index (χ0) is 14.7. The summed E-state index contributed by atoms with van der Waals surface area (Å²) in [5, 5.41) is 0.0396. The van der Waals surface area contributed by atoms with Gasteiger partial charge in [-0.05, 0) is 18.2 Å². The van der Waals surface area contributed by atoms with Crippen LogP contribution in [0.1, 0.15) is 0 Å². The molecule has 0 unspecified atom stereocenters. The molecule has 1 rings (SSSR count). The fraction of sp³-hybridized carbons (Fsp3) is 0.333. The van der Waals surface area contributed by atoms with Crippen molar-refractivity contribution >= 4 is 37.3 Å². The summed E-state index contributed by atoms with van der Waals surface area (Å²) in [5.41, 5.74) is 5.76. The van der Waals surface area contributed by atoms with Crippen molar-refractivity contribution in [2.24, 2.45) is 0 Å². The molecule has 0 spiro atoms. The molecule has 7 nitrogen and oxygen atoms in total. The third-order valence-corrected chi connectivity index (χ3v) is 4.70. The summed E-state index contributed by atoms with van der Waals surface area (Å²) in [6.45, 7) is -0.154. The van der Waals surface area contributed by atoms with Gasteiger partial charge in [-0.15, -0.1) is 0 Å². The van der Waals surface area contributed by atoms with Crippen LogP contribution >= 0.6 is 11.6 Å². The molecule has 0 aliphatic rings. The third-order valence-electron chi connectivity index (χ3n) is 2.03. The normalized spacial score (nSPS) is 12.5. The molecule has 0 radical (unpaired) electrons. The first-order valence-corrected chi connectivity index (χ1v) is 8.86. The molecule has 0 aliphatic carbocycles. The van der Waals surface area contributed by atoms with Gasteiger partial charge in [-0.1, -0.05) is 11.6 Å². The number of benzene rings is 1. The second-order valence-electron chi connectivity index (χ2n) is 3.75. The fourth-order valence-corrected chi connectivity index (χ4v) is 3.26. The maximum atomic E-state index is 11.9. The lowest BCUT2D eigenvalue weighted by molar-refractivity contribution is 0.573. The number of nitrogens with one attached hydrogen (secondary N) is 2. The second-order valence-corrected chi connectivity index (χ2v) is 7.73. The van der Waals surface area contributed by atoms with Gasteiger partial charge in [-0.25, -0.2) is 26.3 Å². The molecule has 1 aromatic carbocycles. The Morgan fingerprint density at radius 1 is 1.16 bits per heavy atom. The number of anilines is 1. The van der Waals surface area contributed by atoms with E-state index in [0.29, 0.717) is 0 Å². The number of hydrogen-bond donors (Lipinski definition) is 3. The largest absolute Gasteiger partial charge is 0.399 e. The van der Waals surface area contributed by atoms with E-state index < -0.39 is 20.0 Å². The van der Waals surface area contributed by atoms with Crippen LogP contribution in [0.4, 0.5) is 5.69 Å².